The van der Waals surface area contributed by atoms with Gasteiger partial charge in [-0.15, -0.1) is 0 Å². The van der Waals surface area contributed by atoms with Crippen molar-refractivity contribution in [1.29, 1.82) is 0 Å². The first-order valence-corrected chi connectivity index (χ1v) is 11.4. The smallest absolute Gasteiger partial charge is 0.407 e. The third-order valence-corrected chi connectivity index (χ3v) is 6.59. The van der Waals surface area contributed by atoms with Crippen LogP contribution in [-0.2, 0) is 0 Å². The molecule has 4 heterocycles. The maximum Gasteiger partial charge on any atom is 0.407 e. The van der Waals surface area contributed by atoms with Gasteiger partial charge in [-0.2, -0.15) is 5.10 Å². The number of hydrogen-bond acceptors (Lipinski definition) is 3. The zero-order valence-corrected chi connectivity index (χ0v) is 19.1. The fourth-order valence-corrected chi connectivity index (χ4v) is 4.51. The minimum atomic E-state index is -0.858. The molecule has 9 heteroatoms. The van der Waals surface area contributed by atoms with Crippen LogP contribution in [-0.4, -0.2) is 48.9 Å². The van der Waals surface area contributed by atoms with E-state index in [0.717, 1.165) is 46.1 Å². The third-order valence-electron chi connectivity index (χ3n) is 6.01. The van der Waals surface area contributed by atoms with Crippen LogP contribution in [0.5, 0.6) is 0 Å². The number of H-pyrrole nitrogens is 1. The predicted molar refractivity (Wildman–Crippen MR) is 131 cm³/mol. The SMILES string of the molecule is O=C(O)N1CCC(n2cc(-c3cnc4[nH]cc(C=Cc5cc(Cl)ccc5Cl)c4c3)cn2)CC1. The van der Waals surface area contributed by atoms with E-state index in [-0.39, 0.29) is 6.04 Å². The van der Waals surface area contributed by atoms with Crippen molar-refractivity contribution in [2.24, 2.45) is 0 Å². The Labute approximate surface area is 200 Å². The van der Waals surface area contributed by atoms with E-state index in [1.807, 2.05) is 47.7 Å². The molecule has 1 saturated heterocycles. The highest BCUT2D eigenvalue weighted by Crippen LogP contribution is 2.29. The van der Waals surface area contributed by atoms with E-state index in [2.05, 4.69) is 21.1 Å². The number of hydrogen-bond donors (Lipinski definition) is 2. The number of benzene rings is 1. The second-order valence-electron chi connectivity index (χ2n) is 8.07. The number of aromatic amines is 1. The molecule has 0 bridgehead atoms. The molecule has 0 atom stereocenters. The summed E-state index contributed by atoms with van der Waals surface area (Å²) in [4.78, 5) is 20.4. The van der Waals surface area contributed by atoms with E-state index < -0.39 is 6.09 Å². The monoisotopic (exact) mass is 481 g/mol. The van der Waals surface area contributed by atoms with Gasteiger partial charge in [-0.1, -0.05) is 35.4 Å². The Balaban J connectivity index is 1.39. The van der Waals surface area contributed by atoms with Gasteiger partial charge in [0.25, 0.3) is 0 Å². The predicted octanol–water partition coefficient (Wildman–Crippen LogP) is 6.22. The van der Waals surface area contributed by atoms with Crippen molar-refractivity contribution in [3.05, 3.63) is 70.2 Å². The van der Waals surface area contributed by atoms with Crippen LogP contribution in [0.3, 0.4) is 0 Å². The van der Waals surface area contributed by atoms with E-state index in [0.29, 0.717) is 23.1 Å². The van der Waals surface area contributed by atoms with Crippen molar-refractivity contribution in [2.45, 2.75) is 18.9 Å². The lowest BCUT2D eigenvalue weighted by Gasteiger charge is -2.30. The van der Waals surface area contributed by atoms with Gasteiger partial charge in [0, 0.05) is 63.8 Å². The highest BCUT2D eigenvalue weighted by atomic mass is 35.5. The van der Waals surface area contributed by atoms with Crippen molar-refractivity contribution in [3.8, 4) is 11.1 Å². The van der Waals surface area contributed by atoms with Crippen molar-refractivity contribution < 1.29 is 9.90 Å². The molecule has 0 radical (unpaired) electrons. The zero-order chi connectivity index (χ0) is 22.9. The zero-order valence-electron chi connectivity index (χ0n) is 17.6. The van der Waals surface area contributed by atoms with Gasteiger partial charge in [-0.25, -0.2) is 9.78 Å². The Hall–Kier alpha value is -3.29. The van der Waals surface area contributed by atoms with E-state index >= 15 is 0 Å². The van der Waals surface area contributed by atoms with Crippen LogP contribution in [0.15, 0.2) is 49.1 Å². The first-order valence-electron chi connectivity index (χ1n) is 10.6. The van der Waals surface area contributed by atoms with Gasteiger partial charge < -0.3 is 15.0 Å². The lowest BCUT2D eigenvalue weighted by molar-refractivity contribution is 0.124. The fourth-order valence-electron chi connectivity index (χ4n) is 4.15. The van der Waals surface area contributed by atoms with Gasteiger partial charge in [0.05, 0.1) is 12.2 Å². The third kappa shape index (κ3) is 4.47. The Bertz CT molecular complexity index is 1350. The molecule has 4 aromatic rings. The summed E-state index contributed by atoms with van der Waals surface area (Å²) in [7, 11) is 0. The number of carbonyl (C=O) groups is 1. The topological polar surface area (TPSA) is 87.0 Å². The number of nitrogens with one attached hydrogen (secondary N) is 1. The lowest BCUT2D eigenvalue weighted by atomic mass is 10.1. The van der Waals surface area contributed by atoms with E-state index in [4.69, 9.17) is 28.3 Å². The summed E-state index contributed by atoms with van der Waals surface area (Å²) in [6.07, 6.45) is 12.2. The van der Waals surface area contributed by atoms with Crippen molar-refractivity contribution in [1.82, 2.24) is 24.6 Å². The summed E-state index contributed by atoms with van der Waals surface area (Å²) in [6.45, 7) is 1.05. The minimum absolute atomic E-state index is 0.194. The van der Waals surface area contributed by atoms with Gasteiger partial charge >= 0.3 is 6.09 Å². The number of piperidine rings is 1. The van der Waals surface area contributed by atoms with Crippen LogP contribution in [0.4, 0.5) is 4.79 Å². The van der Waals surface area contributed by atoms with Crippen LogP contribution in [0.2, 0.25) is 10.0 Å². The number of carboxylic acid groups (broad SMARTS) is 1. The lowest BCUT2D eigenvalue weighted by Crippen LogP contribution is -2.38. The number of fused-ring (bicyclic) bond motifs is 1. The molecule has 0 unspecified atom stereocenters. The summed E-state index contributed by atoms with van der Waals surface area (Å²) < 4.78 is 1.94. The molecule has 1 aliphatic rings. The summed E-state index contributed by atoms with van der Waals surface area (Å²) in [6, 6.07) is 7.65. The number of nitrogens with zero attached hydrogens (tertiary/aromatic N) is 4. The maximum atomic E-state index is 11.1. The largest absolute Gasteiger partial charge is 0.465 e. The maximum absolute atomic E-state index is 11.1. The fraction of sp³-hybridized carbons (Fsp3) is 0.208. The molecule has 0 aliphatic carbocycles. The molecule has 1 amide bonds. The highest BCUT2D eigenvalue weighted by Gasteiger charge is 2.24. The molecule has 0 saturated carbocycles. The number of halogens is 2. The van der Waals surface area contributed by atoms with E-state index in [1.54, 1.807) is 12.1 Å². The molecule has 1 aromatic carbocycles. The van der Waals surface area contributed by atoms with Crippen LogP contribution in [0.1, 0.15) is 30.0 Å². The van der Waals surface area contributed by atoms with E-state index in [1.165, 1.54) is 4.90 Å². The standard InChI is InChI=1S/C24H21Cl2N5O2/c25-19-3-4-22(26)15(9-19)1-2-16-11-27-23-21(16)10-17(12-28-23)18-13-29-31(14-18)20-5-7-30(8-6-20)24(32)33/h1-4,9-14,20H,5-8H2,(H,27,28)(H,32,33). The molecule has 3 aromatic heterocycles. The molecule has 5 rings (SSSR count). The molecule has 7 nitrogen and oxygen atoms in total. The second-order valence-corrected chi connectivity index (χ2v) is 8.92. The van der Waals surface area contributed by atoms with Crippen LogP contribution in [0, 0.1) is 0 Å². The molecular formula is C24H21Cl2N5O2. The van der Waals surface area contributed by atoms with Gasteiger partial charge in [-0.05, 0) is 42.7 Å². The Morgan fingerprint density at radius 1 is 1.09 bits per heavy atom. The first kappa shape index (κ1) is 21.6. The summed E-state index contributed by atoms with van der Waals surface area (Å²) in [5.41, 5.74) is 4.57. The normalized spacial score (nSPS) is 15.0. The molecular weight excluding hydrogens is 461 g/mol. The Kier molecular flexibility index (Phi) is 5.83. The molecule has 0 spiro atoms. The summed E-state index contributed by atoms with van der Waals surface area (Å²) in [5, 5.41) is 15.9. The van der Waals surface area contributed by atoms with Crippen LogP contribution in [0.25, 0.3) is 34.3 Å². The van der Waals surface area contributed by atoms with Crippen LogP contribution < -0.4 is 0 Å². The Morgan fingerprint density at radius 2 is 1.88 bits per heavy atom. The van der Waals surface area contributed by atoms with Gasteiger partial charge in [0.1, 0.15) is 5.65 Å². The number of pyridine rings is 1. The second kappa shape index (κ2) is 8.92. The number of aromatic nitrogens is 4. The van der Waals surface area contributed by atoms with Gasteiger partial charge in [-0.3, -0.25) is 4.68 Å². The highest BCUT2D eigenvalue weighted by molar-refractivity contribution is 6.34. The average molecular weight is 482 g/mol. The number of amides is 1. The number of rotatable bonds is 4. The van der Waals surface area contributed by atoms with E-state index in [9.17, 15) is 4.79 Å². The summed E-state index contributed by atoms with van der Waals surface area (Å²) in [5.74, 6) is 0. The van der Waals surface area contributed by atoms with Gasteiger partial charge in [0.2, 0.25) is 0 Å². The molecule has 2 N–H and O–H groups in total. The quantitative estimate of drug-likeness (QED) is 0.362. The van der Waals surface area contributed by atoms with Crippen molar-refractivity contribution in [2.75, 3.05) is 13.1 Å². The molecule has 33 heavy (non-hydrogen) atoms. The molecule has 168 valence electrons. The first-order chi connectivity index (χ1) is 16.0. The molecule has 1 aliphatic heterocycles. The van der Waals surface area contributed by atoms with Crippen molar-refractivity contribution in [3.63, 3.8) is 0 Å². The Morgan fingerprint density at radius 3 is 2.67 bits per heavy atom. The minimum Gasteiger partial charge on any atom is -0.465 e. The van der Waals surface area contributed by atoms with Gasteiger partial charge in [0.15, 0.2) is 0 Å². The number of likely N-dealkylation sites (tertiary alicyclic amines) is 1. The average Bonchev–Trinajstić information content (AvgIpc) is 3.47. The van der Waals surface area contributed by atoms with Crippen LogP contribution >= 0.6 is 23.2 Å². The molecule has 1 fully saturated rings. The summed E-state index contributed by atoms with van der Waals surface area (Å²) >= 11 is 12.4. The van der Waals surface area contributed by atoms with Crippen molar-refractivity contribution >= 4 is 52.5 Å².